The standard InChI is InChI=1S/C14H6ClF2IN2/c15-13-11-6-10(18)1-2-12(11)19-14(20-13)7-3-8(16)5-9(17)4-7/h1-6H. The predicted octanol–water partition coefficient (Wildman–Crippen LogP) is 4.83. The molecule has 1 aromatic heterocycles. The molecule has 0 aliphatic carbocycles. The molecule has 2 aromatic carbocycles. The van der Waals surface area contributed by atoms with E-state index in [1.165, 1.54) is 12.1 Å². The lowest BCUT2D eigenvalue weighted by Gasteiger charge is -2.05. The number of aromatic nitrogens is 2. The minimum atomic E-state index is -0.678. The molecule has 3 rings (SSSR count). The Balaban J connectivity index is 2.24. The van der Waals surface area contributed by atoms with Crippen LogP contribution in [0.5, 0.6) is 0 Å². The molecule has 0 aliphatic rings. The van der Waals surface area contributed by atoms with Crippen molar-refractivity contribution in [3.8, 4) is 11.4 Å². The Morgan fingerprint density at radius 3 is 2.35 bits per heavy atom. The van der Waals surface area contributed by atoms with Gasteiger partial charge in [0.1, 0.15) is 16.8 Å². The van der Waals surface area contributed by atoms with Crippen LogP contribution >= 0.6 is 34.2 Å². The number of fused-ring (bicyclic) bond motifs is 1. The van der Waals surface area contributed by atoms with E-state index in [4.69, 9.17) is 11.6 Å². The van der Waals surface area contributed by atoms with Gasteiger partial charge in [0.25, 0.3) is 0 Å². The van der Waals surface area contributed by atoms with Crippen molar-refractivity contribution in [2.75, 3.05) is 0 Å². The highest BCUT2D eigenvalue weighted by molar-refractivity contribution is 14.1. The Morgan fingerprint density at radius 2 is 1.65 bits per heavy atom. The van der Waals surface area contributed by atoms with Crippen molar-refractivity contribution in [3.63, 3.8) is 0 Å². The third kappa shape index (κ3) is 2.60. The monoisotopic (exact) mass is 402 g/mol. The Bertz CT molecular complexity index is 803. The quantitative estimate of drug-likeness (QED) is 0.430. The van der Waals surface area contributed by atoms with Crippen LogP contribution in [0.15, 0.2) is 36.4 Å². The van der Waals surface area contributed by atoms with Gasteiger partial charge in [-0.3, -0.25) is 0 Å². The predicted molar refractivity (Wildman–Crippen MR) is 82.6 cm³/mol. The summed E-state index contributed by atoms with van der Waals surface area (Å²) in [5.74, 6) is -1.16. The van der Waals surface area contributed by atoms with Crippen LogP contribution in [0.3, 0.4) is 0 Å². The van der Waals surface area contributed by atoms with Gasteiger partial charge in [0.05, 0.1) is 5.52 Å². The van der Waals surface area contributed by atoms with Crippen molar-refractivity contribution in [1.29, 1.82) is 0 Å². The van der Waals surface area contributed by atoms with Gasteiger partial charge in [0.2, 0.25) is 0 Å². The third-order valence-electron chi connectivity index (χ3n) is 2.73. The molecule has 6 heteroatoms. The highest BCUT2D eigenvalue weighted by Gasteiger charge is 2.10. The van der Waals surface area contributed by atoms with Crippen LogP contribution in [-0.2, 0) is 0 Å². The average Bonchev–Trinajstić information content (AvgIpc) is 2.38. The second-order valence-electron chi connectivity index (χ2n) is 4.16. The van der Waals surface area contributed by atoms with Crippen molar-refractivity contribution in [2.45, 2.75) is 0 Å². The Hall–Kier alpha value is -1.34. The Kier molecular flexibility index (Phi) is 3.55. The van der Waals surface area contributed by atoms with Crippen LogP contribution in [0.4, 0.5) is 8.78 Å². The van der Waals surface area contributed by atoms with Crippen molar-refractivity contribution in [2.24, 2.45) is 0 Å². The van der Waals surface area contributed by atoms with E-state index in [0.29, 0.717) is 10.9 Å². The number of benzene rings is 2. The average molecular weight is 403 g/mol. The van der Waals surface area contributed by atoms with Crippen molar-refractivity contribution in [3.05, 3.63) is 56.8 Å². The maximum Gasteiger partial charge on any atom is 0.161 e. The molecule has 0 bridgehead atoms. The van der Waals surface area contributed by atoms with E-state index in [0.717, 1.165) is 9.64 Å². The summed E-state index contributed by atoms with van der Waals surface area (Å²) in [5, 5.41) is 0.965. The first-order valence-corrected chi connectivity index (χ1v) is 7.08. The Morgan fingerprint density at radius 1 is 0.950 bits per heavy atom. The van der Waals surface area contributed by atoms with E-state index < -0.39 is 11.6 Å². The van der Waals surface area contributed by atoms with Crippen LogP contribution in [0.2, 0.25) is 5.15 Å². The molecule has 0 N–H and O–H groups in total. The summed E-state index contributed by atoms with van der Waals surface area (Å²) < 4.78 is 27.5. The number of hydrogen-bond donors (Lipinski definition) is 0. The molecule has 0 amide bonds. The van der Waals surface area contributed by atoms with E-state index in [-0.39, 0.29) is 16.5 Å². The molecule has 0 saturated carbocycles. The zero-order valence-electron chi connectivity index (χ0n) is 9.87. The van der Waals surface area contributed by atoms with Crippen LogP contribution in [-0.4, -0.2) is 9.97 Å². The molecule has 0 saturated heterocycles. The topological polar surface area (TPSA) is 25.8 Å². The van der Waals surface area contributed by atoms with Gasteiger partial charge in [0, 0.05) is 20.6 Å². The summed E-state index contributed by atoms with van der Waals surface area (Å²) in [6.45, 7) is 0. The normalized spacial score (nSPS) is 11.0. The van der Waals surface area contributed by atoms with Gasteiger partial charge in [-0.15, -0.1) is 0 Å². The summed E-state index contributed by atoms with van der Waals surface area (Å²) in [7, 11) is 0. The minimum Gasteiger partial charge on any atom is -0.228 e. The molecular formula is C14H6ClF2IN2. The van der Waals surface area contributed by atoms with Gasteiger partial charge in [-0.1, -0.05) is 11.6 Å². The summed E-state index contributed by atoms with van der Waals surface area (Å²) in [4.78, 5) is 8.41. The SMILES string of the molecule is Fc1cc(F)cc(-c2nc(Cl)c3cc(I)ccc3n2)c1. The fourth-order valence-corrected chi connectivity index (χ4v) is 2.60. The molecular weight excluding hydrogens is 397 g/mol. The second-order valence-corrected chi connectivity index (χ2v) is 5.76. The van der Waals surface area contributed by atoms with E-state index in [1.807, 2.05) is 12.1 Å². The smallest absolute Gasteiger partial charge is 0.161 e. The summed E-state index contributed by atoms with van der Waals surface area (Å²) in [5.41, 5.74) is 0.884. The molecule has 100 valence electrons. The van der Waals surface area contributed by atoms with Gasteiger partial charge in [-0.2, -0.15) is 0 Å². The molecule has 3 aromatic rings. The van der Waals surface area contributed by atoms with E-state index in [1.54, 1.807) is 6.07 Å². The van der Waals surface area contributed by atoms with Crippen molar-refractivity contribution >= 4 is 45.1 Å². The van der Waals surface area contributed by atoms with Gasteiger partial charge in [-0.05, 0) is 52.9 Å². The number of halogens is 4. The fourth-order valence-electron chi connectivity index (χ4n) is 1.88. The summed E-state index contributed by atoms with van der Waals surface area (Å²) in [6.07, 6.45) is 0. The number of hydrogen-bond acceptors (Lipinski definition) is 2. The minimum absolute atomic E-state index is 0.196. The summed E-state index contributed by atoms with van der Waals surface area (Å²) in [6, 6.07) is 8.68. The lowest BCUT2D eigenvalue weighted by atomic mass is 10.2. The largest absolute Gasteiger partial charge is 0.228 e. The first-order valence-electron chi connectivity index (χ1n) is 5.62. The fraction of sp³-hybridized carbons (Fsp3) is 0. The lowest BCUT2D eigenvalue weighted by molar-refractivity contribution is 0.584. The van der Waals surface area contributed by atoms with E-state index in [9.17, 15) is 8.78 Å². The maximum absolute atomic E-state index is 13.3. The van der Waals surface area contributed by atoms with Gasteiger partial charge >= 0.3 is 0 Å². The molecule has 0 fully saturated rings. The van der Waals surface area contributed by atoms with Crippen LogP contribution in [0.1, 0.15) is 0 Å². The maximum atomic E-state index is 13.3. The van der Waals surface area contributed by atoms with Gasteiger partial charge in [0.15, 0.2) is 5.82 Å². The molecule has 0 unspecified atom stereocenters. The molecule has 0 atom stereocenters. The molecule has 20 heavy (non-hydrogen) atoms. The highest BCUT2D eigenvalue weighted by Crippen LogP contribution is 2.26. The van der Waals surface area contributed by atoms with Crippen LogP contribution in [0, 0.1) is 15.2 Å². The zero-order chi connectivity index (χ0) is 14.3. The zero-order valence-corrected chi connectivity index (χ0v) is 12.8. The first-order chi connectivity index (χ1) is 9.52. The molecule has 1 heterocycles. The third-order valence-corrected chi connectivity index (χ3v) is 3.69. The number of rotatable bonds is 1. The highest BCUT2D eigenvalue weighted by atomic mass is 127. The van der Waals surface area contributed by atoms with E-state index in [2.05, 4.69) is 32.6 Å². The van der Waals surface area contributed by atoms with Crippen molar-refractivity contribution < 1.29 is 8.78 Å². The van der Waals surface area contributed by atoms with Crippen molar-refractivity contribution in [1.82, 2.24) is 9.97 Å². The molecule has 0 spiro atoms. The lowest BCUT2D eigenvalue weighted by Crippen LogP contribution is -1.94. The first kappa shape index (κ1) is 13.6. The molecule has 2 nitrogen and oxygen atoms in total. The second kappa shape index (κ2) is 5.21. The van der Waals surface area contributed by atoms with Crippen LogP contribution < -0.4 is 0 Å². The van der Waals surface area contributed by atoms with Crippen LogP contribution in [0.25, 0.3) is 22.3 Å². The molecule has 0 aliphatic heterocycles. The molecule has 0 radical (unpaired) electrons. The van der Waals surface area contributed by atoms with Gasteiger partial charge < -0.3 is 0 Å². The summed E-state index contributed by atoms with van der Waals surface area (Å²) >= 11 is 8.28. The Labute approximate surface area is 132 Å². The number of nitrogens with zero attached hydrogens (tertiary/aromatic N) is 2. The van der Waals surface area contributed by atoms with E-state index >= 15 is 0 Å². The van der Waals surface area contributed by atoms with Gasteiger partial charge in [-0.25, -0.2) is 18.7 Å².